The average Bonchev–Trinajstić information content (AvgIpc) is 2.20. The second kappa shape index (κ2) is 8.87. The van der Waals surface area contributed by atoms with Crippen LogP contribution in [0, 0.1) is 5.92 Å². The molecule has 1 unspecified atom stereocenters. The quantitative estimate of drug-likeness (QED) is 0.551. The number of hydrogen-bond acceptors (Lipinski definition) is 2. The fourth-order valence-corrected chi connectivity index (χ4v) is 1.91. The molecular formula is C10H18BrF2NO2. The summed E-state index contributed by atoms with van der Waals surface area (Å²) in [7, 11) is 0. The number of rotatable bonds is 8. The summed E-state index contributed by atoms with van der Waals surface area (Å²) < 4.78 is 28.0. The molecule has 0 spiro atoms. The van der Waals surface area contributed by atoms with Crippen LogP contribution in [0.1, 0.15) is 20.3 Å². The molecule has 0 aliphatic rings. The van der Waals surface area contributed by atoms with Gasteiger partial charge in [0.1, 0.15) is 6.61 Å². The molecule has 0 rings (SSSR count). The van der Waals surface area contributed by atoms with Crippen LogP contribution in [0.3, 0.4) is 0 Å². The molecule has 0 aliphatic heterocycles. The number of carbonyl (C=O) groups excluding carboxylic acids is 1. The Balaban J connectivity index is 3.65. The fourth-order valence-electron chi connectivity index (χ4n) is 1.000. The van der Waals surface area contributed by atoms with Gasteiger partial charge < -0.3 is 10.1 Å². The van der Waals surface area contributed by atoms with Crippen molar-refractivity contribution in [3.8, 4) is 0 Å². The zero-order chi connectivity index (χ0) is 12.6. The molecule has 0 aromatic rings. The number of halogens is 3. The van der Waals surface area contributed by atoms with Crippen LogP contribution in [-0.2, 0) is 9.53 Å². The third-order valence-corrected chi connectivity index (χ3v) is 2.73. The van der Waals surface area contributed by atoms with E-state index in [4.69, 9.17) is 0 Å². The van der Waals surface area contributed by atoms with E-state index >= 15 is 0 Å². The Bertz CT molecular complexity index is 203. The topological polar surface area (TPSA) is 38.3 Å². The van der Waals surface area contributed by atoms with Crippen molar-refractivity contribution in [3.63, 3.8) is 0 Å². The maximum absolute atomic E-state index is 11.7. The summed E-state index contributed by atoms with van der Waals surface area (Å²) in [5.74, 6) is 0.151. The standard InChI is InChI=1S/C10H18BrF2NO2/c1-7(2)8(5-11)14-10(15)3-4-16-6-9(12)13/h7-9H,3-6H2,1-2H3,(H,14,15). The number of carbonyl (C=O) groups is 1. The summed E-state index contributed by atoms with van der Waals surface area (Å²) >= 11 is 3.30. The summed E-state index contributed by atoms with van der Waals surface area (Å²) in [6, 6.07) is 0.0580. The molecule has 0 saturated carbocycles. The van der Waals surface area contributed by atoms with Crippen LogP contribution in [0.2, 0.25) is 0 Å². The Labute approximate surface area is 103 Å². The molecule has 0 aromatic carbocycles. The second-order valence-corrected chi connectivity index (χ2v) is 4.44. The van der Waals surface area contributed by atoms with Gasteiger partial charge in [0.15, 0.2) is 0 Å². The lowest BCUT2D eigenvalue weighted by Crippen LogP contribution is -2.40. The van der Waals surface area contributed by atoms with E-state index in [1.54, 1.807) is 0 Å². The first kappa shape index (κ1) is 15.8. The highest BCUT2D eigenvalue weighted by Gasteiger charge is 2.14. The van der Waals surface area contributed by atoms with Crippen molar-refractivity contribution in [2.45, 2.75) is 32.7 Å². The van der Waals surface area contributed by atoms with E-state index < -0.39 is 13.0 Å². The molecule has 0 radical (unpaired) electrons. The Morgan fingerprint density at radius 2 is 2.06 bits per heavy atom. The van der Waals surface area contributed by atoms with E-state index in [1.165, 1.54) is 0 Å². The second-order valence-electron chi connectivity index (χ2n) is 3.79. The SMILES string of the molecule is CC(C)C(CBr)NC(=O)CCOCC(F)F. The van der Waals surface area contributed by atoms with E-state index in [9.17, 15) is 13.6 Å². The highest BCUT2D eigenvalue weighted by atomic mass is 79.9. The Hall–Kier alpha value is -0.230. The smallest absolute Gasteiger partial charge is 0.261 e. The van der Waals surface area contributed by atoms with Crippen LogP contribution in [0.15, 0.2) is 0 Å². The summed E-state index contributed by atoms with van der Waals surface area (Å²) in [5, 5.41) is 3.48. The first-order valence-corrected chi connectivity index (χ1v) is 6.30. The first-order valence-electron chi connectivity index (χ1n) is 5.18. The predicted molar refractivity (Wildman–Crippen MR) is 62.0 cm³/mol. The van der Waals surface area contributed by atoms with E-state index in [2.05, 4.69) is 26.0 Å². The van der Waals surface area contributed by atoms with Gasteiger partial charge in [-0.1, -0.05) is 29.8 Å². The minimum absolute atomic E-state index is 0.0310. The van der Waals surface area contributed by atoms with Gasteiger partial charge >= 0.3 is 0 Å². The lowest BCUT2D eigenvalue weighted by atomic mass is 10.1. The molecule has 1 N–H and O–H groups in total. The number of nitrogens with one attached hydrogen (secondary N) is 1. The first-order chi connectivity index (χ1) is 7.47. The van der Waals surface area contributed by atoms with Crippen molar-refractivity contribution in [2.75, 3.05) is 18.5 Å². The lowest BCUT2D eigenvalue weighted by molar-refractivity contribution is -0.123. The zero-order valence-corrected chi connectivity index (χ0v) is 11.1. The van der Waals surface area contributed by atoms with Gasteiger partial charge in [-0.15, -0.1) is 0 Å². The van der Waals surface area contributed by atoms with Crippen molar-refractivity contribution in [2.24, 2.45) is 5.92 Å². The van der Waals surface area contributed by atoms with Gasteiger partial charge in [0, 0.05) is 17.8 Å². The van der Waals surface area contributed by atoms with Crippen LogP contribution < -0.4 is 5.32 Å². The molecule has 0 aromatic heterocycles. The molecule has 0 bridgehead atoms. The van der Waals surface area contributed by atoms with Gasteiger partial charge in [-0.2, -0.15) is 0 Å². The van der Waals surface area contributed by atoms with E-state index in [0.717, 1.165) is 0 Å². The van der Waals surface area contributed by atoms with Gasteiger partial charge in [-0.3, -0.25) is 4.79 Å². The van der Waals surface area contributed by atoms with Crippen LogP contribution >= 0.6 is 15.9 Å². The Kier molecular flexibility index (Phi) is 8.74. The van der Waals surface area contributed by atoms with Crippen LogP contribution in [0.5, 0.6) is 0 Å². The largest absolute Gasteiger partial charge is 0.375 e. The average molecular weight is 302 g/mol. The van der Waals surface area contributed by atoms with Gasteiger partial charge in [-0.25, -0.2) is 8.78 Å². The molecule has 96 valence electrons. The number of hydrogen-bond donors (Lipinski definition) is 1. The van der Waals surface area contributed by atoms with Gasteiger partial charge in [-0.05, 0) is 5.92 Å². The molecule has 0 aliphatic carbocycles. The monoisotopic (exact) mass is 301 g/mol. The molecule has 0 saturated heterocycles. The van der Waals surface area contributed by atoms with Crippen molar-refractivity contribution in [1.82, 2.24) is 5.32 Å². The third kappa shape index (κ3) is 7.98. The van der Waals surface area contributed by atoms with Crippen LogP contribution in [-0.4, -0.2) is 36.9 Å². The van der Waals surface area contributed by atoms with E-state index in [-0.39, 0.29) is 25.0 Å². The summed E-state index contributed by atoms with van der Waals surface area (Å²) in [6.45, 7) is 3.42. The molecule has 16 heavy (non-hydrogen) atoms. The maximum Gasteiger partial charge on any atom is 0.261 e. The lowest BCUT2D eigenvalue weighted by Gasteiger charge is -2.19. The summed E-state index contributed by atoms with van der Waals surface area (Å²) in [4.78, 5) is 11.4. The molecular weight excluding hydrogens is 284 g/mol. The summed E-state index contributed by atoms with van der Waals surface area (Å²) in [6.07, 6.45) is -2.36. The van der Waals surface area contributed by atoms with E-state index in [1.807, 2.05) is 13.8 Å². The highest BCUT2D eigenvalue weighted by Crippen LogP contribution is 2.05. The molecule has 6 heteroatoms. The van der Waals surface area contributed by atoms with E-state index in [0.29, 0.717) is 11.2 Å². The van der Waals surface area contributed by atoms with Gasteiger partial charge in [0.05, 0.1) is 6.61 Å². The third-order valence-electron chi connectivity index (χ3n) is 2.03. The number of alkyl halides is 3. The summed E-state index contributed by atoms with van der Waals surface area (Å²) in [5.41, 5.74) is 0. The van der Waals surface area contributed by atoms with Crippen LogP contribution in [0.4, 0.5) is 8.78 Å². The zero-order valence-electron chi connectivity index (χ0n) is 9.51. The van der Waals surface area contributed by atoms with Crippen molar-refractivity contribution in [1.29, 1.82) is 0 Å². The molecule has 1 amide bonds. The Morgan fingerprint density at radius 3 is 2.50 bits per heavy atom. The number of ether oxygens (including phenoxy) is 1. The maximum atomic E-state index is 11.7. The van der Waals surface area contributed by atoms with Crippen molar-refractivity contribution < 1.29 is 18.3 Å². The fraction of sp³-hybridized carbons (Fsp3) is 0.900. The molecule has 0 heterocycles. The highest BCUT2D eigenvalue weighted by molar-refractivity contribution is 9.09. The van der Waals surface area contributed by atoms with Crippen LogP contribution in [0.25, 0.3) is 0 Å². The number of amides is 1. The minimum atomic E-state index is -2.48. The Morgan fingerprint density at radius 1 is 1.44 bits per heavy atom. The van der Waals surface area contributed by atoms with Gasteiger partial charge in [0.2, 0.25) is 5.91 Å². The molecule has 3 nitrogen and oxygen atoms in total. The normalized spacial score (nSPS) is 13.2. The van der Waals surface area contributed by atoms with Gasteiger partial charge in [0.25, 0.3) is 6.43 Å². The predicted octanol–water partition coefficient (Wildman–Crippen LogP) is 2.19. The molecule has 1 atom stereocenters. The van der Waals surface area contributed by atoms with Crippen molar-refractivity contribution >= 4 is 21.8 Å². The van der Waals surface area contributed by atoms with Crippen molar-refractivity contribution in [3.05, 3.63) is 0 Å². The molecule has 0 fully saturated rings. The minimum Gasteiger partial charge on any atom is -0.375 e.